The highest BCUT2D eigenvalue weighted by Crippen LogP contribution is 2.64. The van der Waals surface area contributed by atoms with E-state index in [0.717, 1.165) is 35.1 Å². The average molecular weight is 276 g/mol. The van der Waals surface area contributed by atoms with Gasteiger partial charge in [-0.05, 0) is 49.5 Å². The van der Waals surface area contributed by atoms with Crippen LogP contribution in [-0.2, 0) is 9.53 Å². The van der Waals surface area contributed by atoms with Crippen molar-refractivity contribution < 1.29 is 19.7 Å². The topological polar surface area (TPSA) is 66.8 Å². The summed E-state index contributed by atoms with van der Waals surface area (Å²) >= 11 is 0. The van der Waals surface area contributed by atoms with Gasteiger partial charge in [-0.3, -0.25) is 4.79 Å². The molecule has 108 valence electrons. The van der Waals surface area contributed by atoms with Gasteiger partial charge in [0, 0.05) is 18.1 Å². The highest BCUT2D eigenvalue weighted by atomic mass is 16.5. The third-order valence-corrected chi connectivity index (χ3v) is 5.20. The number of rotatable bonds is 3. The van der Waals surface area contributed by atoms with E-state index in [0.29, 0.717) is 12.2 Å². The van der Waals surface area contributed by atoms with E-state index in [2.05, 4.69) is 0 Å². The largest absolute Gasteiger partial charge is 0.392 e. The molecule has 0 heterocycles. The first kappa shape index (κ1) is 13.7. The van der Waals surface area contributed by atoms with Crippen molar-refractivity contribution in [2.75, 3.05) is 20.3 Å². The van der Waals surface area contributed by atoms with Gasteiger partial charge >= 0.3 is 0 Å². The first-order chi connectivity index (χ1) is 9.40. The van der Waals surface area contributed by atoms with Crippen LogP contribution in [0.5, 0.6) is 0 Å². The van der Waals surface area contributed by atoms with Gasteiger partial charge in [-0.15, -0.1) is 0 Å². The van der Waals surface area contributed by atoms with E-state index < -0.39 is 11.0 Å². The van der Waals surface area contributed by atoms with Crippen LogP contribution >= 0.6 is 0 Å². The molecule has 3 rings (SSSR count). The first-order valence-corrected chi connectivity index (χ1v) is 6.93. The molecule has 2 N–H and O–H groups in total. The Kier molecular flexibility index (Phi) is 2.84. The molecule has 0 unspecified atom stereocenters. The number of hydrogen-bond donors (Lipinski definition) is 2. The summed E-state index contributed by atoms with van der Waals surface area (Å²) in [6.45, 7) is 3.86. The van der Waals surface area contributed by atoms with Gasteiger partial charge in [0.25, 0.3) is 0 Å². The molecule has 3 aliphatic rings. The standard InChI is InChI=1S/C16H20O4/c1-9-13-11(6-10(7-17)12(13)8-20-3)14(18)15(2,19)16(9)4-5-16/h6,17,19H,4-5,7-8H2,1-3H3/t15-/m0/s1. The lowest BCUT2D eigenvalue weighted by atomic mass is 9.67. The Bertz CT molecular complexity index is 586. The lowest BCUT2D eigenvalue weighted by Gasteiger charge is -2.39. The molecule has 1 fully saturated rings. The highest BCUT2D eigenvalue weighted by Gasteiger charge is 2.65. The molecule has 0 aromatic rings. The minimum Gasteiger partial charge on any atom is -0.392 e. The Hall–Kier alpha value is -1.23. The van der Waals surface area contributed by atoms with E-state index in [4.69, 9.17) is 4.74 Å². The van der Waals surface area contributed by atoms with Gasteiger partial charge < -0.3 is 14.9 Å². The minimum absolute atomic E-state index is 0.124. The molecule has 0 saturated heterocycles. The molecule has 0 aliphatic heterocycles. The van der Waals surface area contributed by atoms with Crippen molar-refractivity contribution in [1.29, 1.82) is 0 Å². The molecule has 4 heteroatoms. The maximum absolute atomic E-state index is 12.6. The predicted octanol–water partition coefficient (Wildman–Crippen LogP) is 1.29. The summed E-state index contributed by atoms with van der Waals surface area (Å²) in [5, 5.41) is 20.2. The van der Waals surface area contributed by atoms with Crippen LogP contribution in [0.3, 0.4) is 0 Å². The number of carbonyl (C=O) groups is 1. The van der Waals surface area contributed by atoms with E-state index in [1.807, 2.05) is 6.92 Å². The molecule has 1 spiro atoms. The van der Waals surface area contributed by atoms with Gasteiger partial charge in [0.1, 0.15) is 5.60 Å². The molecule has 0 amide bonds. The molecule has 0 bridgehead atoms. The normalized spacial score (nSPS) is 31.1. The van der Waals surface area contributed by atoms with E-state index in [-0.39, 0.29) is 12.4 Å². The summed E-state index contributed by atoms with van der Waals surface area (Å²) in [5.41, 5.74) is 2.33. The van der Waals surface area contributed by atoms with Crippen molar-refractivity contribution in [1.82, 2.24) is 0 Å². The number of carbonyl (C=O) groups excluding carboxylic acids is 1. The molecule has 0 aromatic carbocycles. The van der Waals surface area contributed by atoms with E-state index in [1.54, 1.807) is 20.1 Å². The van der Waals surface area contributed by atoms with E-state index in [9.17, 15) is 15.0 Å². The molecule has 1 saturated carbocycles. The minimum atomic E-state index is -1.34. The summed E-state index contributed by atoms with van der Waals surface area (Å²) in [6, 6.07) is 0. The van der Waals surface area contributed by atoms with Crippen molar-refractivity contribution >= 4 is 5.78 Å². The quantitative estimate of drug-likeness (QED) is 0.815. The van der Waals surface area contributed by atoms with Crippen molar-refractivity contribution in [3.05, 3.63) is 33.9 Å². The monoisotopic (exact) mass is 276 g/mol. The molecule has 20 heavy (non-hydrogen) atoms. The lowest BCUT2D eigenvalue weighted by molar-refractivity contribution is -0.137. The number of aliphatic hydroxyl groups is 2. The van der Waals surface area contributed by atoms with Gasteiger partial charge in [-0.25, -0.2) is 0 Å². The smallest absolute Gasteiger partial charge is 0.195 e. The van der Waals surface area contributed by atoms with Crippen molar-refractivity contribution in [2.24, 2.45) is 5.41 Å². The number of methoxy groups -OCH3 is 1. The number of aliphatic hydroxyl groups excluding tert-OH is 1. The van der Waals surface area contributed by atoms with E-state index >= 15 is 0 Å². The molecular weight excluding hydrogens is 256 g/mol. The summed E-state index contributed by atoms with van der Waals surface area (Å²) in [4.78, 5) is 12.6. The van der Waals surface area contributed by atoms with Crippen LogP contribution in [0.4, 0.5) is 0 Å². The van der Waals surface area contributed by atoms with Gasteiger partial charge in [0.2, 0.25) is 0 Å². The molecule has 1 atom stereocenters. The van der Waals surface area contributed by atoms with Crippen LogP contribution < -0.4 is 0 Å². The second kappa shape index (κ2) is 4.13. The zero-order valence-electron chi connectivity index (χ0n) is 12.1. The van der Waals surface area contributed by atoms with Gasteiger partial charge in [0.15, 0.2) is 5.78 Å². The van der Waals surface area contributed by atoms with Gasteiger partial charge in [-0.1, -0.05) is 5.57 Å². The van der Waals surface area contributed by atoms with Crippen molar-refractivity contribution in [3.8, 4) is 0 Å². The number of ether oxygens (including phenoxy) is 1. The molecule has 4 nitrogen and oxygen atoms in total. The Morgan fingerprint density at radius 3 is 2.55 bits per heavy atom. The van der Waals surface area contributed by atoms with Crippen LogP contribution in [0, 0.1) is 5.41 Å². The molecule has 0 radical (unpaired) electrons. The fourth-order valence-corrected chi connectivity index (χ4v) is 3.79. The maximum atomic E-state index is 12.6. The molecule has 0 aromatic heterocycles. The number of fused-ring (bicyclic) bond motifs is 1. The Morgan fingerprint density at radius 2 is 2.05 bits per heavy atom. The predicted molar refractivity (Wildman–Crippen MR) is 74.1 cm³/mol. The summed E-state index contributed by atoms with van der Waals surface area (Å²) < 4.78 is 5.22. The first-order valence-electron chi connectivity index (χ1n) is 6.93. The Morgan fingerprint density at radius 1 is 1.40 bits per heavy atom. The summed E-state index contributed by atoms with van der Waals surface area (Å²) in [5.74, 6) is -0.229. The van der Waals surface area contributed by atoms with Crippen LogP contribution in [0.2, 0.25) is 0 Å². The van der Waals surface area contributed by atoms with Crippen LogP contribution in [0.25, 0.3) is 0 Å². The summed E-state index contributed by atoms with van der Waals surface area (Å²) in [6.07, 6.45) is 3.38. The maximum Gasteiger partial charge on any atom is 0.195 e. The second-order valence-electron chi connectivity index (χ2n) is 6.14. The van der Waals surface area contributed by atoms with Gasteiger partial charge in [-0.2, -0.15) is 0 Å². The highest BCUT2D eigenvalue weighted by molar-refractivity contribution is 6.10. The molecular formula is C16H20O4. The average Bonchev–Trinajstić information content (AvgIpc) is 3.15. The van der Waals surface area contributed by atoms with Crippen molar-refractivity contribution in [3.63, 3.8) is 0 Å². The van der Waals surface area contributed by atoms with Crippen LogP contribution in [0.15, 0.2) is 33.9 Å². The third kappa shape index (κ3) is 1.44. The number of ketones is 1. The number of Topliss-reactive ketones (excluding diaryl/α,β-unsaturated/α-hetero) is 1. The zero-order chi connectivity index (χ0) is 14.7. The Balaban J connectivity index is 2.22. The van der Waals surface area contributed by atoms with Crippen LogP contribution in [-0.4, -0.2) is 41.9 Å². The van der Waals surface area contributed by atoms with Gasteiger partial charge in [0.05, 0.1) is 13.2 Å². The zero-order valence-corrected chi connectivity index (χ0v) is 12.1. The Labute approximate surface area is 118 Å². The molecule has 3 aliphatic carbocycles. The fraction of sp³-hybridized carbons (Fsp3) is 0.562. The van der Waals surface area contributed by atoms with E-state index in [1.165, 1.54) is 0 Å². The number of hydrogen-bond acceptors (Lipinski definition) is 4. The fourth-order valence-electron chi connectivity index (χ4n) is 3.79. The lowest BCUT2D eigenvalue weighted by Crippen LogP contribution is -2.49. The SMILES string of the molecule is COCC1=C(CO)C=C2C(=O)[C@](C)(O)C3(CC3)C(C)=C21. The van der Waals surface area contributed by atoms with Crippen molar-refractivity contribution in [2.45, 2.75) is 32.3 Å². The second-order valence-corrected chi connectivity index (χ2v) is 6.14. The summed E-state index contributed by atoms with van der Waals surface area (Å²) in [7, 11) is 1.60. The van der Waals surface area contributed by atoms with Crippen LogP contribution in [0.1, 0.15) is 26.7 Å². The third-order valence-electron chi connectivity index (χ3n) is 5.20.